The second-order valence-corrected chi connectivity index (χ2v) is 10.1. The molecule has 0 saturated heterocycles. The van der Waals surface area contributed by atoms with Crippen molar-refractivity contribution in [2.75, 3.05) is 4.72 Å². The number of anilines is 1. The summed E-state index contributed by atoms with van der Waals surface area (Å²) in [5, 5.41) is 0. The van der Waals surface area contributed by atoms with Gasteiger partial charge in [-0.1, -0.05) is 43.3 Å². The zero-order chi connectivity index (χ0) is 24.5. The van der Waals surface area contributed by atoms with Crippen molar-refractivity contribution in [3.05, 3.63) is 89.2 Å². The molecule has 0 spiro atoms. The van der Waals surface area contributed by atoms with Gasteiger partial charge in [0.05, 0.1) is 17.5 Å². The zero-order valence-corrected chi connectivity index (χ0v) is 20.1. The van der Waals surface area contributed by atoms with Gasteiger partial charge in [-0.3, -0.25) is 9.52 Å². The first-order chi connectivity index (χ1) is 16.2. The summed E-state index contributed by atoms with van der Waals surface area (Å²) in [6.07, 6.45) is 0.0282. The molecule has 0 radical (unpaired) electrons. The number of rotatable bonds is 6. The van der Waals surface area contributed by atoms with E-state index in [2.05, 4.69) is 4.72 Å². The zero-order valence-electron chi connectivity index (χ0n) is 19.3. The molecule has 0 unspecified atom stereocenters. The Labute approximate surface area is 199 Å². The van der Waals surface area contributed by atoms with Gasteiger partial charge in [0.1, 0.15) is 11.6 Å². The lowest BCUT2D eigenvalue weighted by atomic mass is 10.0. The summed E-state index contributed by atoms with van der Waals surface area (Å²) in [6.45, 7) is 5.57. The molecule has 0 saturated carbocycles. The molecule has 178 valence electrons. The third-order valence-electron chi connectivity index (χ3n) is 5.99. The minimum absolute atomic E-state index is 0.135. The number of hydrogen-bond donors (Lipinski definition) is 1. The average Bonchev–Trinajstić information content (AvgIpc) is 2.93. The van der Waals surface area contributed by atoms with Crippen LogP contribution in [0.25, 0.3) is 0 Å². The number of aryl methyl sites for hydroxylation is 1. The molecular formula is C26H27FN2O4S. The van der Waals surface area contributed by atoms with Gasteiger partial charge in [0.15, 0.2) is 6.10 Å². The summed E-state index contributed by atoms with van der Waals surface area (Å²) >= 11 is 0. The summed E-state index contributed by atoms with van der Waals surface area (Å²) in [6, 6.07) is 18.3. The number of amides is 1. The van der Waals surface area contributed by atoms with Gasteiger partial charge in [-0.25, -0.2) is 12.8 Å². The number of halogens is 1. The number of carbonyl (C=O) groups excluding carboxylic acids is 1. The highest BCUT2D eigenvalue weighted by molar-refractivity contribution is 7.92. The van der Waals surface area contributed by atoms with Crippen LogP contribution in [0.1, 0.15) is 43.0 Å². The van der Waals surface area contributed by atoms with Crippen LogP contribution in [0, 0.1) is 12.7 Å². The van der Waals surface area contributed by atoms with E-state index in [-0.39, 0.29) is 23.4 Å². The van der Waals surface area contributed by atoms with Crippen molar-refractivity contribution in [1.82, 2.24) is 4.90 Å². The summed E-state index contributed by atoms with van der Waals surface area (Å²) in [5.41, 5.74) is 2.37. The molecule has 0 bridgehead atoms. The number of ether oxygens (including phenoxy) is 1. The maximum Gasteiger partial charge on any atom is 0.264 e. The molecule has 1 aliphatic heterocycles. The molecule has 34 heavy (non-hydrogen) atoms. The summed E-state index contributed by atoms with van der Waals surface area (Å²) in [5.74, 6) is -0.201. The van der Waals surface area contributed by atoms with Gasteiger partial charge in [-0.05, 0) is 61.7 Å². The standard InChI is InChI=1S/C26H27FN2O4S/c1-4-24(19-8-6-5-7-9-19)29-16-20-14-21(11-13-25(20)33-18(3)26(29)30)28-34(31,32)22-12-10-17(2)23(27)15-22/h5-15,18,24,28H,4,16H2,1-3H3/t18-,24+/m0/s1. The highest BCUT2D eigenvalue weighted by Crippen LogP contribution is 2.34. The normalized spacial score (nSPS) is 16.9. The second-order valence-electron chi connectivity index (χ2n) is 8.40. The Kier molecular flexibility index (Phi) is 6.61. The van der Waals surface area contributed by atoms with Crippen LogP contribution in [0.15, 0.2) is 71.6 Å². The van der Waals surface area contributed by atoms with Crippen LogP contribution in [0.5, 0.6) is 5.75 Å². The van der Waals surface area contributed by atoms with E-state index >= 15 is 0 Å². The maximum absolute atomic E-state index is 13.9. The number of nitrogens with zero attached hydrogens (tertiary/aromatic N) is 1. The van der Waals surface area contributed by atoms with Crippen molar-refractivity contribution in [3.63, 3.8) is 0 Å². The number of carbonyl (C=O) groups is 1. The molecule has 1 amide bonds. The highest BCUT2D eigenvalue weighted by Gasteiger charge is 2.33. The fourth-order valence-corrected chi connectivity index (χ4v) is 5.21. The lowest BCUT2D eigenvalue weighted by molar-refractivity contribution is -0.140. The van der Waals surface area contributed by atoms with Crippen molar-refractivity contribution in [1.29, 1.82) is 0 Å². The number of hydrogen-bond acceptors (Lipinski definition) is 4. The molecule has 0 aliphatic carbocycles. The average molecular weight is 483 g/mol. The lowest BCUT2D eigenvalue weighted by Crippen LogP contribution is -2.40. The van der Waals surface area contributed by atoms with Gasteiger partial charge in [-0.15, -0.1) is 0 Å². The fourth-order valence-electron chi connectivity index (χ4n) is 4.15. The fraction of sp³-hybridized carbons (Fsp3) is 0.269. The van der Waals surface area contributed by atoms with Gasteiger partial charge >= 0.3 is 0 Å². The number of benzene rings is 3. The van der Waals surface area contributed by atoms with Crippen LogP contribution in [-0.4, -0.2) is 25.3 Å². The predicted octanol–water partition coefficient (Wildman–Crippen LogP) is 5.20. The number of fused-ring (bicyclic) bond motifs is 1. The van der Waals surface area contributed by atoms with E-state index in [4.69, 9.17) is 4.74 Å². The molecule has 4 rings (SSSR count). The summed E-state index contributed by atoms with van der Waals surface area (Å²) in [4.78, 5) is 14.8. The topological polar surface area (TPSA) is 75.7 Å². The largest absolute Gasteiger partial charge is 0.481 e. The Morgan fingerprint density at radius 2 is 1.85 bits per heavy atom. The van der Waals surface area contributed by atoms with E-state index in [1.165, 1.54) is 12.1 Å². The van der Waals surface area contributed by atoms with E-state index in [1.807, 2.05) is 37.3 Å². The van der Waals surface area contributed by atoms with E-state index in [1.54, 1.807) is 36.9 Å². The third-order valence-corrected chi connectivity index (χ3v) is 7.37. The molecule has 1 heterocycles. The molecular weight excluding hydrogens is 455 g/mol. The quantitative estimate of drug-likeness (QED) is 0.524. The molecule has 0 aromatic heterocycles. The van der Waals surface area contributed by atoms with Crippen LogP contribution in [0.2, 0.25) is 0 Å². The number of sulfonamides is 1. The molecule has 2 atom stereocenters. The van der Waals surface area contributed by atoms with Gasteiger partial charge in [-0.2, -0.15) is 0 Å². The van der Waals surface area contributed by atoms with Gasteiger partial charge < -0.3 is 9.64 Å². The predicted molar refractivity (Wildman–Crippen MR) is 129 cm³/mol. The Hall–Kier alpha value is -3.39. The smallest absolute Gasteiger partial charge is 0.264 e. The van der Waals surface area contributed by atoms with Gasteiger partial charge in [0.2, 0.25) is 0 Å². The second kappa shape index (κ2) is 9.46. The van der Waals surface area contributed by atoms with Crippen LogP contribution >= 0.6 is 0 Å². The Morgan fingerprint density at radius 3 is 2.53 bits per heavy atom. The van der Waals surface area contributed by atoms with E-state index in [0.29, 0.717) is 29.0 Å². The summed E-state index contributed by atoms with van der Waals surface area (Å²) < 4.78 is 48.0. The Morgan fingerprint density at radius 1 is 1.12 bits per heavy atom. The van der Waals surface area contributed by atoms with E-state index in [9.17, 15) is 17.6 Å². The van der Waals surface area contributed by atoms with Crippen molar-refractivity contribution >= 4 is 21.6 Å². The molecule has 1 aliphatic rings. The Bertz CT molecular complexity index is 1310. The SMILES string of the molecule is CC[C@H](c1ccccc1)N1Cc2cc(NS(=O)(=O)c3ccc(C)c(F)c3)ccc2O[C@@H](C)C1=O. The van der Waals surface area contributed by atoms with E-state index < -0.39 is 21.9 Å². The molecule has 1 N–H and O–H groups in total. The van der Waals surface area contributed by atoms with Crippen LogP contribution in [-0.2, 0) is 21.4 Å². The van der Waals surface area contributed by atoms with Crippen molar-refractivity contribution in [3.8, 4) is 5.75 Å². The third kappa shape index (κ3) is 4.77. The van der Waals surface area contributed by atoms with Gasteiger partial charge in [0.25, 0.3) is 15.9 Å². The molecule has 8 heteroatoms. The summed E-state index contributed by atoms with van der Waals surface area (Å²) in [7, 11) is -4.00. The van der Waals surface area contributed by atoms with Crippen LogP contribution in [0.4, 0.5) is 10.1 Å². The molecule has 3 aromatic carbocycles. The minimum atomic E-state index is -4.00. The van der Waals surface area contributed by atoms with Gasteiger partial charge in [0, 0.05) is 11.3 Å². The molecule has 3 aromatic rings. The van der Waals surface area contributed by atoms with Crippen molar-refractivity contribution in [2.24, 2.45) is 0 Å². The van der Waals surface area contributed by atoms with Crippen LogP contribution in [0.3, 0.4) is 0 Å². The van der Waals surface area contributed by atoms with Crippen LogP contribution < -0.4 is 9.46 Å². The first-order valence-electron chi connectivity index (χ1n) is 11.1. The molecule has 6 nitrogen and oxygen atoms in total. The van der Waals surface area contributed by atoms with Crippen molar-refractivity contribution in [2.45, 2.75) is 50.8 Å². The van der Waals surface area contributed by atoms with E-state index in [0.717, 1.165) is 11.6 Å². The highest BCUT2D eigenvalue weighted by atomic mass is 32.2. The molecule has 0 fully saturated rings. The first kappa shape index (κ1) is 23.8. The monoisotopic (exact) mass is 482 g/mol. The number of nitrogens with one attached hydrogen (secondary N) is 1. The maximum atomic E-state index is 13.9. The van der Waals surface area contributed by atoms with Crippen molar-refractivity contribution < 1.29 is 22.3 Å². The first-order valence-corrected chi connectivity index (χ1v) is 12.6. The minimum Gasteiger partial charge on any atom is -0.481 e. The Balaban J connectivity index is 1.66. The lowest BCUT2D eigenvalue weighted by Gasteiger charge is -2.31.